The Labute approximate surface area is 61.4 Å². The van der Waals surface area contributed by atoms with Gasteiger partial charge in [0.05, 0.1) is 12.6 Å². The predicted octanol–water partition coefficient (Wildman–Crippen LogP) is 0.996. The van der Waals surface area contributed by atoms with Crippen molar-refractivity contribution in [3.8, 4) is 6.07 Å². The van der Waals surface area contributed by atoms with E-state index in [1.54, 1.807) is 0 Å². The highest BCUT2D eigenvalue weighted by Crippen LogP contribution is 2.47. The molecule has 0 aromatic heterocycles. The normalized spacial score (nSPS) is 28.7. The highest BCUT2D eigenvalue weighted by Gasteiger charge is 2.46. The van der Waals surface area contributed by atoms with Crippen molar-refractivity contribution in [2.75, 3.05) is 19.6 Å². The lowest BCUT2D eigenvalue weighted by Crippen LogP contribution is -2.59. The number of likely N-dealkylation sites (tertiary alicyclic amines) is 1. The second-order valence-corrected chi connectivity index (χ2v) is 3.66. The summed E-state index contributed by atoms with van der Waals surface area (Å²) in [5.74, 6) is 0. The first-order valence-corrected chi connectivity index (χ1v) is 3.94. The van der Waals surface area contributed by atoms with Crippen molar-refractivity contribution in [3.63, 3.8) is 0 Å². The highest BCUT2D eigenvalue weighted by atomic mass is 15.2. The summed E-state index contributed by atoms with van der Waals surface area (Å²) >= 11 is 0. The number of rotatable bonds is 1. The minimum atomic E-state index is 0.641. The summed E-state index contributed by atoms with van der Waals surface area (Å²) < 4.78 is 0. The van der Waals surface area contributed by atoms with Gasteiger partial charge < -0.3 is 0 Å². The summed E-state index contributed by atoms with van der Waals surface area (Å²) in [5, 5.41) is 8.37. The Hall–Kier alpha value is -0.550. The van der Waals surface area contributed by atoms with E-state index >= 15 is 0 Å². The fourth-order valence-electron chi connectivity index (χ4n) is 2.11. The fourth-order valence-corrected chi connectivity index (χ4v) is 2.11. The van der Waals surface area contributed by atoms with Gasteiger partial charge in [-0.1, -0.05) is 6.42 Å². The molecule has 0 unspecified atom stereocenters. The van der Waals surface area contributed by atoms with Crippen molar-refractivity contribution in [1.82, 2.24) is 4.90 Å². The molecule has 0 N–H and O–H groups in total. The maximum absolute atomic E-state index is 8.37. The van der Waals surface area contributed by atoms with Gasteiger partial charge in [-0.15, -0.1) is 0 Å². The van der Waals surface area contributed by atoms with Gasteiger partial charge in [0.25, 0.3) is 0 Å². The molecule has 54 valence electrons. The Kier molecular flexibility index (Phi) is 1.21. The van der Waals surface area contributed by atoms with Crippen LogP contribution in [0.15, 0.2) is 0 Å². The average molecular weight is 136 g/mol. The zero-order valence-corrected chi connectivity index (χ0v) is 6.14. The van der Waals surface area contributed by atoms with Crippen LogP contribution in [0.1, 0.15) is 19.3 Å². The summed E-state index contributed by atoms with van der Waals surface area (Å²) in [4.78, 5) is 2.24. The van der Waals surface area contributed by atoms with Gasteiger partial charge in [0.15, 0.2) is 0 Å². The SMILES string of the molecule is N#CCN1CC2(CCC2)C1. The number of nitrogens with zero attached hydrogens (tertiary/aromatic N) is 2. The molecule has 10 heavy (non-hydrogen) atoms. The van der Waals surface area contributed by atoms with E-state index in [4.69, 9.17) is 5.26 Å². The van der Waals surface area contributed by atoms with Gasteiger partial charge in [-0.3, -0.25) is 4.90 Å². The standard InChI is InChI=1S/C8H12N2/c9-4-5-10-6-8(7-10)2-1-3-8/h1-3,5-7H2. The molecular formula is C8H12N2. The van der Waals surface area contributed by atoms with E-state index in [9.17, 15) is 0 Å². The van der Waals surface area contributed by atoms with Crippen LogP contribution in [0.25, 0.3) is 0 Å². The third-order valence-electron chi connectivity index (χ3n) is 2.83. The van der Waals surface area contributed by atoms with Gasteiger partial charge in [0, 0.05) is 13.1 Å². The van der Waals surface area contributed by atoms with Gasteiger partial charge in [-0.2, -0.15) is 5.26 Å². The molecule has 0 bridgehead atoms. The topological polar surface area (TPSA) is 27.0 Å². The monoisotopic (exact) mass is 136 g/mol. The zero-order chi connectivity index (χ0) is 7.03. The predicted molar refractivity (Wildman–Crippen MR) is 38.3 cm³/mol. The van der Waals surface area contributed by atoms with Crippen LogP contribution in [0.5, 0.6) is 0 Å². The molecule has 2 heteroatoms. The van der Waals surface area contributed by atoms with Crippen LogP contribution in [-0.2, 0) is 0 Å². The summed E-state index contributed by atoms with van der Waals surface area (Å²) in [7, 11) is 0. The third kappa shape index (κ3) is 0.741. The van der Waals surface area contributed by atoms with E-state index < -0.39 is 0 Å². The number of nitriles is 1. The van der Waals surface area contributed by atoms with Gasteiger partial charge in [0.2, 0.25) is 0 Å². The maximum Gasteiger partial charge on any atom is 0.0866 e. The van der Waals surface area contributed by atoms with Gasteiger partial charge >= 0.3 is 0 Å². The molecule has 1 aliphatic carbocycles. The first kappa shape index (κ1) is 6.18. The van der Waals surface area contributed by atoms with E-state index in [1.165, 1.54) is 32.4 Å². The molecule has 2 aliphatic rings. The van der Waals surface area contributed by atoms with Crippen LogP contribution in [0, 0.1) is 16.7 Å². The minimum Gasteiger partial charge on any atom is -0.289 e. The fraction of sp³-hybridized carbons (Fsp3) is 0.875. The number of hydrogen-bond donors (Lipinski definition) is 0. The number of hydrogen-bond acceptors (Lipinski definition) is 2. The van der Waals surface area contributed by atoms with Crippen molar-refractivity contribution in [2.45, 2.75) is 19.3 Å². The molecular weight excluding hydrogens is 124 g/mol. The van der Waals surface area contributed by atoms with E-state index in [1.807, 2.05) is 0 Å². The van der Waals surface area contributed by atoms with Crippen LogP contribution in [0.4, 0.5) is 0 Å². The molecule has 0 aromatic rings. The summed E-state index contributed by atoms with van der Waals surface area (Å²) in [6, 6.07) is 2.18. The molecule has 1 heterocycles. The molecule has 2 nitrogen and oxygen atoms in total. The third-order valence-corrected chi connectivity index (χ3v) is 2.83. The first-order chi connectivity index (χ1) is 4.85. The van der Waals surface area contributed by atoms with Crippen molar-refractivity contribution in [2.24, 2.45) is 5.41 Å². The minimum absolute atomic E-state index is 0.641. The molecule has 0 radical (unpaired) electrons. The van der Waals surface area contributed by atoms with E-state index in [0.29, 0.717) is 12.0 Å². The lowest BCUT2D eigenvalue weighted by atomic mass is 9.64. The van der Waals surface area contributed by atoms with Crippen LogP contribution in [0.3, 0.4) is 0 Å². The van der Waals surface area contributed by atoms with Gasteiger partial charge in [-0.05, 0) is 18.3 Å². The molecule has 1 saturated heterocycles. The van der Waals surface area contributed by atoms with E-state index in [0.717, 1.165) is 0 Å². The summed E-state index contributed by atoms with van der Waals surface area (Å²) in [6.07, 6.45) is 4.24. The Morgan fingerprint density at radius 1 is 1.40 bits per heavy atom. The molecule has 2 rings (SSSR count). The van der Waals surface area contributed by atoms with Gasteiger partial charge in [-0.25, -0.2) is 0 Å². The lowest BCUT2D eigenvalue weighted by molar-refractivity contribution is -0.0518. The molecule has 0 aromatic carbocycles. The van der Waals surface area contributed by atoms with E-state index in [2.05, 4.69) is 11.0 Å². The highest BCUT2D eigenvalue weighted by molar-refractivity contribution is 5.02. The molecule has 2 fully saturated rings. The van der Waals surface area contributed by atoms with Crippen molar-refractivity contribution in [3.05, 3.63) is 0 Å². The summed E-state index contributed by atoms with van der Waals surface area (Å²) in [5.41, 5.74) is 0.691. The maximum atomic E-state index is 8.37. The van der Waals surface area contributed by atoms with Crippen molar-refractivity contribution >= 4 is 0 Å². The molecule has 0 atom stereocenters. The van der Waals surface area contributed by atoms with Crippen LogP contribution in [-0.4, -0.2) is 24.5 Å². The lowest BCUT2D eigenvalue weighted by Gasteiger charge is -2.55. The largest absolute Gasteiger partial charge is 0.289 e. The Morgan fingerprint density at radius 3 is 2.50 bits per heavy atom. The van der Waals surface area contributed by atoms with E-state index in [-0.39, 0.29) is 0 Å². The van der Waals surface area contributed by atoms with Crippen molar-refractivity contribution < 1.29 is 0 Å². The quantitative estimate of drug-likeness (QED) is 0.503. The summed E-state index contributed by atoms with van der Waals surface area (Å²) in [6.45, 7) is 3.03. The Morgan fingerprint density at radius 2 is 2.10 bits per heavy atom. The molecule has 0 amide bonds. The first-order valence-electron chi connectivity index (χ1n) is 3.94. The van der Waals surface area contributed by atoms with Crippen LogP contribution in [0.2, 0.25) is 0 Å². The van der Waals surface area contributed by atoms with Crippen LogP contribution >= 0.6 is 0 Å². The molecule has 1 spiro atoms. The molecule has 1 saturated carbocycles. The van der Waals surface area contributed by atoms with Crippen LogP contribution < -0.4 is 0 Å². The van der Waals surface area contributed by atoms with Crippen molar-refractivity contribution in [1.29, 1.82) is 5.26 Å². The Balaban J connectivity index is 1.78. The second kappa shape index (κ2) is 1.96. The van der Waals surface area contributed by atoms with Gasteiger partial charge in [0.1, 0.15) is 0 Å². The average Bonchev–Trinajstić information content (AvgIpc) is 1.72. The molecule has 1 aliphatic heterocycles. The second-order valence-electron chi connectivity index (χ2n) is 3.66. The zero-order valence-electron chi connectivity index (χ0n) is 6.14. The smallest absolute Gasteiger partial charge is 0.0866 e. The Bertz CT molecular complexity index is 168.